The maximum atomic E-state index is 13.0. The number of nitrogens with zero attached hydrogens (tertiary/aromatic N) is 2. The van der Waals surface area contributed by atoms with E-state index in [0.29, 0.717) is 16.7 Å². The molecule has 0 radical (unpaired) electrons. The number of pyridine rings is 1. The molecule has 2 N–H and O–H groups in total. The predicted octanol–water partition coefficient (Wildman–Crippen LogP) is 3.03. The topological polar surface area (TPSA) is 81.3 Å². The fourth-order valence-corrected chi connectivity index (χ4v) is 2.88. The minimum Gasteiger partial charge on any atom is -0.506 e. The quantitative estimate of drug-likeness (QED) is 0.567. The summed E-state index contributed by atoms with van der Waals surface area (Å²) >= 11 is 0. The number of rotatable bonds is 1. The Morgan fingerprint density at radius 1 is 1.04 bits per heavy atom. The molecule has 110 valence electrons. The number of aromatic hydroxyl groups is 1. The molecule has 0 aliphatic heterocycles. The van der Waals surface area contributed by atoms with E-state index in [1.807, 2.05) is 30.3 Å². The Bertz CT molecular complexity index is 1150. The lowest BCUT2D eigenvalue weighted by molar-refractivity contribution is 0.474. The Balaban J connectivity index is 2.28. The first-order valence-corrected chi connectivity index (χ1v) is 7.06. The highest BCUT2D eigenvalue weighted by molar-refractivity contribution is 5.86. The summed E-state index contributed by atoms with van der Waals surface area (Å²) in [6.07, 6.45) is 0. The molecule has 0 aliphatic carbocycles. The molecule has 2 aromatic heterocycles. The van der Waals surface area contributed by atoms with Crippen LogP contribution >= 0.6 is 0 Å². The van der Waals surface area contributed by atoms with Crippen LogP contribution in [0, 0.1) is 11.3 Å². The van der Waals surface area contributed by atoms with E-state index in [9.17, 15) is 15.2 Å². The van der Waals surface area contributed by atoms with E-state index in [1.165, 1.54) is 4.40 Å². The number of H-pyrrole nitrogens is 1. The molecule has 0 aliphatic rings. The van der Waals surface area contributed by atoms with Gasteiger partial charge in [-0.3, -0.25) is 9.20 Å². The van der Waals surface area contributed by atoms with Gasteiger partial charge >= 0.3 is 0 Å². The van der Waals surface area contributed by atoms with Gasteiger partial charge in [0.1, 0.15) is 23.0 Å². The number of imidazole rings is 1. The number of nitrogens with one attached hydrogen (secondary N) is 1. The standard InChI is InChI=1S/C18H11N3O2/c19-10-12-16(22)15(11-6-2-1-3-7-11)18(23)21-14-9-5-4-8-13(14)20-17(12)21/h1-9,20,22H. The number of aromatic amines is 1. The van der Waals surface area contributed by atoms with Gasteiger partial charge in [0.25, 0.3) is 5.56 Å². The molecule has 4 rings (SSSR count). The van der Waals surface area contributed by atoms with Gasteiger partial charge in [-0.25, -0.2) is 0 Å². The molecule has 0 spiro atoms. The number of para-hydroxylation sites is 2. The van der Waals surface area contributed by atoms with E-state index in [2.05, 4.69) is 4.98 Å². The molecule has 23 heavy (non-hydrogen) atoms. The molecule has 0 amide bonds. The van der Waals surface area contributed by atoms with Crippen molar-refractivity contribution >= 4 is 16.7 Å². The van der Waals surface area contributed by atoms with Crippen LogP contribution in [0.25, 0.3) is 27.8 Å². The molecule has 2 aromatic carbocycles. The average molecular weight is 301 g/mol. The van der Waals surface area contributed by atoms with Crippen molar-refractivity contribution < 1.29 is 5.11 Å². The van der Waals surface area contributed by atoms with Crippen molar-refractivity contribution in [2.24, 2.45) is 0 Å². The van der Waals surface area contributed by atoms with Gasteiger partial charge in [0, 0.05) is 0 Å². The summed E-state index contributed by atoms with van der Waals surface area (Å²) in [5, 5.41) is 19.9. The SMILES string of the molecule is N#Cc1c(O)c(-c2ccccc2)c(=O)n2c1[nH]c1ccccc12. The van der Waals surface area contributed by atoms with Crippen LogP contribution in [0.15, 0.2) is 59.4 Å². The largest absolute Gasteiger partial charge is 0.506 e. The zero-order chi connectivity index (χ0) is 16.0. The van der Waals surface area contributed by atoms with E-state index >= 15 is 0 Å². The second-order valence-electron chi connectivity index (χ2n) is 5.21. The Morgan fingerprint density at radius 3 is 2.48 bits per heavy atom. The van der Waals surface area contributed by atoms with Gasteiger partial charge in [0.15, 0.2) is 0 Å². The van der Waals surface area contributed by atoms with Crippen LogP contribution in [-0.2, 0) is 0 Å². The molecular weight excluding hydrogens is 290 g/mol. The van der Waals surface area contributed by atoms with Crippen molar-refractivity contribution in [2.75, 3.05) is 0 Å². The van der Waals surface area contributed by atoms with Gasteiger partial charge in [-0.05, 0) is 17.7 Å². The third-order valence-electron chi connectivity index (χ3n) is 3.92. The maximum absolute atomic E-state index is 13.0. The van der Waals surface area contributed by atoms with Crippen molar-refractivity contribution in [2.45, 2.75) is 0 Å². The highest BCUT2D eigenvalue weighted by atomic mass is 16.3. The predicted molar refractivity (Wildman–Crippen MR) is 87.3 cm³/mol. The summed E-state index contributed by atoms with van der Waals surface area (Å²) in [6.45, 7) is 0. The highest BCUT2D eigenvalue weighted by Gasteiger charge is 2.21. The molecule has 0 saturated heterocycles. The normalized spacial score (nSPS) is 10.9. The monoisotopic (exact) mass is 301 g/mol. The Kier molecular flexibility index (Phi) is 2.72. The zero-order valence-corrected chi connectivity index (χ0v) is 11.9. The highest BCUT2D eigenvalue weighted by Crippen LogP contribution is 2.32. The van der Waals surface area contributed by atoms with Crippen LogP contribution in [0.3, 0.4) is 0 Å². The smallest absolute Gasteiger partial charge is 0.268 e. The number of aromatic nitrogens is 2. The van der Waals surface area contributed by atoms with Gasteiger partial charge in [0.2, 0.25) is 0 Å². The van der Waals surface area contributed by atoms with Crippen LogP contribution in [0.5, 0.6) is 5.75 Å². The lowest BCUT2D eigenvalue weighted by atomic mass is 10.0. The maximum Gasteiger partial charge on any atom is 0.268 e. The van der Waals surface area contributed by atoms with Gasteiger partial charge in [-0.1, -0.05) is 42.5 Å². The lowest BCUT2D eigenvalue weighted by Gasteiger charge is -2.07. The molecule has 0 atom stereocenters. The van der Waals surface area contributed by atoms with Crippen LogP contribution < -0.4 is 5.56 Å². The molecule has 0 saturated carbocycles. The molecule has 4 aromatic rings. The number of benzene rings is 2. The van der Waals surface area contributed by atoms with Gasteiger partial charge < -0.3 is 10.1 Å². The van der Waals surface area contributed by atoms with E-state index in [4.69, 9.17) is 0 Å². The molecule has 0 unspecified atom stereocenters. The van der Waals surface area contributed by atoms with Crippen LogP contribution in [0.2, 0.25) is 0 Å². The van der Waals surface area contributed by atoms with Crippen LogP contribution in [-0.4, -0.2) is 14.5 Å². The zero-order valence-electron chi connectivity index (χ0n) is 11.9. The Labute approximate surface area is 130 Å². The Hall–Kier alpha value is -3.52. The first-order valence-electron chi connectivity index (χ1n) is 7.06. The minimum absolute atomic E-state index is 0.0552. The van der Waals surface area contributed by atoms with Crippen molar-refractivity contribution in [3.8, 4) is 22.9 Å². The van der Waals surface area contributed by atoms with Crippen molar-refractivity contribution in [1.29, 1.82) is 5.26 Å². The Morgan fingerprint density at radius 2 is 1.74 bits per heavy atom. The summed E-state index contributed by atoms with van der Waals surface area (Å²) in [7, 11) is 0. The summed E-state index contributed by atoms with van der Waals surface area (Å²) in [4.78, 5) is 16.0. The first kappa shape index (κ1) is 13.2. The second-order valence-corrected chi connectivity index (χ2v) is 5.21. The molecule has 2 heterocycles. The number of hydrogen-bond donors (Lipinski definition) is 2. The van der Waals surface area contributed by atoms with E-state index in [0.717, 1.165) is 5.52 Å². The van der Waals surface area contributed by atoms with Gasteiger partial charge in [0.05, 0.1) is 16.6 Å². The summed E-state index contributed by atoms with van der Waals surface area (Å²) in [5.74, 6) is -0.296. The number of fused-ring (bicyclic) bond motifs is 3. The molecule has 0 fully saturated rings. The van der Waals surface area contributed by atoms with E-state index in [-0.39, 0.29) is 22.4 Å². The summed E-state index contributed by atoms with van der Waals surface area (Å²) in [6, 6.07) is 18.1. The molecule has 5 nitrogen and oxygen atoms in total. The number of hydrogen-bond acceptors (Lipinski definition) is 3. The van der Waals surface area contributed by atoms with Crippen LogP contribution in [0.4, 0.5) is 0 Å². The van der Waals surface area contributed by atoms with E-state index in [1.54, 1.807) is 30.3 Å². The van der Waals surface area contributed by atoms with Crippen molar-refractivity contribution in [1.82, 2.24) is 9.38 Å². The molecule has 5 heteroatoms. The second kappa shape index (κ2) is 4.75. The van der Waals surface area contributed by atoms with Crippen molar-refractivity contribution in [3.63, 3.8) is 0 Å². The summed E-state index contributed by atoms with van der Waals surface area (Å²) in [5.41, 5.74) is 2.10. The fourth-order valence-electron chi connectivity index (χ4n) is 2.88. The van der Waals surface area contributed by atoms with Gasteiger partial charge in [-0.15, -0.1) is 0 Å². The average Bonchev–Trinajstić information content (AvgIpc) is 2.95. The number of nitriles is 1. The minimum atomic E-state index is -0.361. The van der Waals surface area contributed by atoms with E-state index < -0.39 is 0 Å². The molecule has 0 bridgehead atoms. The third-order valence-corrected chi connectivity index (χ3v) is 3.92. The lowest BCUT2D eigenvalue weighted by Crippen LogP contribution is -2.16. The van der Waals surface area contributed by atoms with Crippen LogP contribution in [0.1, 0.15) is 5.56 Å². The third kappa shape index (κ3) is 1.75. The first-order chi connectivity index (χ1) is 11.2. The van der Waals surface area contributed by atoms with Gasteiger partial charge in [-0.2, -0.15) is 5.26 Å². The summed E-state index contributed by atoms with van der Waals surface area (Å²) < 4.78 is 1.44. The molecular formula is C18H11N3O2. The van der Waals surface area contributed by atoms with Crippen molar-refractivity contribution in [3.05, 3.63) is 70.5 Å². The fraction of sp³-hybridized carbons (Fsp3) is 0.